The van der Waals surface area contributed by atoms with E-state index in [4.69, 9.17) is 20.4 Å². The third kappa shape index (κ3) is 2.49. The standard InChI is InChI=1S/C6H11FO5/c1-3(9)4(10)5(11)6(7,12)2-8/h2-5,9-12H,1H3/t3-,4+,5+,6+/m1/s1. The number of aliphatic hydroxyl groups is 4. The number of hydrogen-bond acceptors (Lipinski definition) is 5. The van der Waals surface area contributed by atoms with Crippen molar-refractivity contribution in [2.45, 2.75) is 31.1 Å². The first-order valence-electron chi connectivity index (χ1n) is 3.24. The monoisotopic (exact) mass is 182 g/mol. The van der Waals surface area contributed by atoms with Gasteiger partial charge in [-0.05, 0) is 6.92 Å². The lowest BCUT2D eigenvalue weighted by atomic mass is 10.0. The normalized spacial score (nSPS) is 23.8. The number of hydrogen-bond donors (Lipinski definition) is 4. The molecule has 0 spiro atoms. The van der Waals surface area contributed by atoms with Gasteiger partial charge in [0.2, 0.25) is 0 Å². The summed E-state index contributed by atoms with van der Waals surface area (Å²) in [7, 11) is 0. The Morgan fingerprint density at radius 2 is 1.83 bits per heavy atom. The lowest BCUT2D eigenvalue weighted by molar-refractivity contribution is -0.201. The fourth-order valence-electron chi connectivity index (χ4n) is 0.573. The van der Waals surface area contributed by atoms with Gasteiger partial charge in [0, 0.05) is 0 Å². The van der Waals surface area contributed by atoms with Crippen LogP contribution in [0.1, 0.15) is 6.92 Å². The SMILES string of the molecule is C[C@@H](O)[C@H](O)[C@H](O)[C@](O)(F)C=O. The van der Waals surface area contributed by atoms with E-state index in [0.29, 0.717) is 0 Å². The molecule has 0 aromatic heterocycles. The molecule has 0 amide bonds. The van der Waals surface area contributed by atoms with Crippen LogP contribution in [-0.4, -0.2) is 50.9 Å². The molecule has 0 aromatic carbocycles. The van der Waals surface area contributed by atoms with Crippen molar-refractivity contribution in [1.82, 2.24) is 0 Å². The average Bonchev–Trinajstić information content (AvgIpc) is 2.01. The quantitative estimate of drug-likeness (QED) is 0.375. The first kappa shape index (κ1) is 11.4. The molecule has 4 atom stereocenters. The highest BCUT2D eigenvalue weighted by Gasteiger charge is 2.41. The second-order valence-corrected chi connectivity index (χ2v) is 2.52. The van der Waals surface area contributed by atoms with Gasteiger partial charge in [0.25, 0.3) is 5.85 Å². The van der Waals surface area contributed by atoms with Gasteiger partial charge < -0.3 is 20.4 Å². The minimum absolute atomic E-state index is 0.552. The fourth-order valence-corrected chi connectivity index (χ4v) is 0.573. The van der Waals surface area contributed by atoms with Crippen LogP contribution in [-0.2, 0) is 4.79 Å². The van der Waals surface area contributed by atoms with E-state index in [1.807, 2.05) is 0 Å². The number of aldehydes is 1. The summed E-state index contributed by atoms with van der Waals surface area (Å²) in [5.41, 5.74) is 0. The van der Waals surface area contributed by atoms with Gasteiger partial charge in [-0.3, -0.25) is 4.79 Å². The number of carbonyl (C=O) groups excluding carboxylic acids is 1. The molecule has 0 aliphatic heterocycles. The van der Waals surface area contributed by atoms with Crippen molar-refractivity contribution in [2.24, 2.45) is 0 Å². The maximum absolute atomic E-state index is 12.5. The van der Waals surface area contributed by atoms with Gasteiger partial charge >= 0.3 is 0 Å². The van der Waals surface area contributed by atoms with Crippen molar-refractivity contribution in [3.8, 4) is 0 Å². The van der Waals surface area contributed by atoms with Crippen LogP contribution in [0.25, 0.3) is 0 Å². The van der Waals surface area contributed by atoms with E-state index in [1.54, 1.807) is 0 Å². The lowest BCUT2D eigenvalue weighted by Crippen LogP contribution is -2.50. The molecule has 4 N–H and O–H groups in total. The second kappa shape index (κ2) is 3.90. The lowest BCUT2D eigenvalue weighted by Gasteiger charge is -2.25. The molecule has 0 bridgehead atoms. The predicted octanol–water partition coefficient (Wildman–Crippen LogP) is -2.05. The zero-order valence-corrected chi connectivity index (χ0v) is 6.38. The highest BCUT2D eigenvalue weighted by molar-refractivity contribution is 5.60. The molecule has 0 saturated heterocycles. The molecule has 0 heterocycles. The summed E-state index contributed by atoms with van der Waals surface area (Å²) in [6, 6.07) is 0. The molecule has 0 aliphatic rings. The smallest absolute Gasteiger partial charge is 0.291 e. The molecule has 0 fully saturated rings. The number of rotatable bonds is 4. The number of alkyl halides is 1. The van der Waals surface area contributed by atoms with Crippen molar-refractivity contribution >= 4 is 6.29 Å². The largest absolute Gasteiger partial charge is 0.391 e. The van der Waals surface area contributed by atoms with E-state index < -0.39 is 30.5 Å². The molecule has 5 nitrogen and oxygen atoms in total. The Morgan fingerprint density at radius 3 is 2.08 bits per heavy atom. The number of carbonyl (C=O) groups is 1. The zero-order chi connectivity index (χ0) is 9.94. The summed E-state index contributed by atoms with van der Waals surface area (Å²) < 4.78 is 12.5. The fraction of sp³-hybridized carbons (Fsp3) is 0.833. The summed E-state index contributed by atoms with van der Waals surface area (Å²) in [6.45, 7) is 1.08. The molecule has 0 unspecified atom stereocenters. The van der Waals surface area contributed by atoms with Crippen molar-refractivity contribution in [2.75, 3.05) is 0 Å². The van der Waals surface area contributed by atoms with Crippen LogP contribution < -0.4 is 0 Å². The van der Waals surface area contributed by atoms with Crippen molar-refractivity contribution in [3.05, 3.63) is 0 Å². The zero-order valence-electron chi connectivity index (χ0n) is 6.38. The van der Waals surface area contributed by atoms with Gasteiger partial charge in [0.15, 0.2) is 6.29 Å². The summed E-state index contributed by atoms with van der Waals surface area (Å²) in [4.78, 5) is 9.82. The van der Waals surface area contributed by atoms with Crippen molar-refractivity contribution in [1.29, 1.82) is 0 Å². The Bertz CT molecular complexity index is 158. The molecule has 12 heavy (non-hydrogen) atoms. The van der Waals surface area contributed by atoms with Crippen LogP contribution >= 0.6 is 0 Å². The third-order valence-electron chi connectivity index (χ3n) is 1.40. The van der Waals surface area contributed by atoms with Gasteiger partial charge in [-0.25, -0.2) is 4.39 Å². The Balaban J connectivity index is 4.37. The molecule has 72 valence electrons. The van der Waals surface area contributed by atoms with Crippen LogP contribution in [0.3, 0.4) is 0 Å². The van der Waals surface area contributed by atoms with Crippen LogP contribution in [0.4, 0.5) is 4.39 Å². The van der Waals surface area contributed by atoms with E-state index in [9.17, 15) is 9.18 Å². The minimum atomic E-state index is -3.53. The van der Waals surface area contributed by atoms with E-state index in [1.165, 1.54) is 0 Å². The van der Waals surface area contributed by atoms with E-state index >= 15 is 0 Å². The first-order valence-corrected chi connectivity index (χ1v) is 3.24. The van der Waals surface area contributed by atoms with E-state index in [-0.39, 0.29) is 0 Å². The Kier molecular flexibility index (Phi) is 3.72. The average molecular weight is 182 g/mol. The van der Waals surface area contributed by atoms with Gasteiger partial charge in [0.1, 0.15) is 12.2 Å². The summed E-state index contributed by atoms with van der Waals surface area (Å²) in [6.07, 6.45) is -6.26. The van der Waals surface area contributed by atoms with Crippen LogP contribution in [0.2, 0.25) is 0 Å². The number of halogens is 1. The van der Waals surface area contributed by atoms with Crippen LogP contribution in [0, 0.1) is 0 Å². The van der Waals surface area contributed by atoms with Crippen molar-refractivity contribution < 1.29 is 29.6 Å². The molecular weight excluding hydrogens is 171 g/mol. The molecular formula is C6H11FO5. The molecule has 0 aliphatic carbocycles. The van der Waals surface area contributed by atoms with Crippen molar-refractivity contribution in [3.63, 3.8) is 0 Å². The Labute approximate surface area is 68.1 Å². The van der Waals surface area contributed by atoms with E-state index in [0.717, 1.165) is 6.92 Å². The van der Waals surface area contributed by atoms with Gasteiger partial charge in [-0.15, -0.1) is 0 Å². The molecule has 0 aromatic rings. The van der Waals surface area contributed by atoms with Crippen LogP contribution in [0.5, 0.6) is 0 Å². The Hall–Kier alpha value is -0.560. The van der Waals surface area contributed by atoms with E-state index in [2.05, 4.69) is 0 Å². The summed E-state index contributed by atoms with van der Waals surface area (Å²) in [5, 5.41) is 34.7. The maximum atomic E-state index is 12.5. The third-order valence-corrected chi connectivity index (χ3v) is 1.40. The molecule has 0 saturated carbocycles. The highest BCUT2D eigenvalue weighted by Crippen LogP contribution is 2.14. The molecule has 0 radical (unpaired) electrons. The minimum Gasteiger partial charge on any atom is -0.391 e. The topological polar surface area (TPSA) is 98.0 Å². The van der Waals surface area contributed by atoms with Gasteiger partial charge in [-0.1, -0.05) is 0 Å². The highest BCUT2D eigenvalue weighted by atomic mass is 19.2. The second-order valence-electron chi connectivity index (χ2n) is 2.52. The summed E-state index contributed by atoms with van der Waals surface area (Å²) in [5.74, 6) is -3.53. The summed E-state index contributed by atoms with van der Waals surface area (Å²) >= 11 is 0. The Morgan fingerprint density at radius 1 is 1.42 bits per heavy atom. The molecule has 6 heteroatoms. The maximum Gasteiger partial charge on any atom is 0.291 e. The first-order chi connectivity index (χ1) is 5.33. The molecule has 0 rings (SSSR count). The van der Waals surface area contributed by atoms with Gasteiger partial charge in [0.05, 0.1) is 6.10 Å². The van der Waals surface area contributed by atoms with Gasteiger partial charge in [-0.2, -0.15) is 0 Å². The van der Waals surface area contributed by atoms with Crippen LogP contribution in [0.15, 0.2) is 0 Å². The number of aliphatic hydroxyl groups excluding tert-OH is 3. The predicted molar refractivity (Wildman–Crippen MR) is 35.8 cm³/mol.